The quantitative estimate of drug-likeness (QED) is 0.843. The van der Waals surface area contributed by atoms with E-state index in [-0.39, 0.29) is 28.0 Å². The van der Waals surface area contributed by atoms with Crippen LogP contribution >= 0.6 is 11.6 Å². The van der Waals surface area contributed by atoms with Crippen LogP contribution in [0.15, 0.2) is 24.3 Å². The predicted molar refractivity (Wildman–Crippen MR) is 76.8 cm³/mol. The molecule has 1 aromatic carbocycles. The zero-order valence-electron chi connectivity index (χ0n) is 11.4. The molecule has 1 fully saturated rings. The maximum Gasteiger partial charge on any atom is 0.244 e. The number of rotatable bonds is 3. The van der Waals surface area contributed by atoms with E-state index < -0.39 is 11.9 Å². The van der Waals surface area contributed by atoms with Crippen LogP contribution in [-0.2, 0) is 4.79 Å². The monoisotopic (exact) mass is 297 g/mol. The maximum atomic E-state index is 13.5. The van der Waals surface area contributed by atoms with Gasteiger partial charge < -0.3 is 10.4 Å². The van der Waals surface area contributed by atoms with Crippen LogP contribution in [0.4, 0.5) is 4.39 Å². The Bertz CT molecular complexity index is 537. The lowest BCUT2D eigenvalue weighted by Gasteiger charge is -2.49. The van der Waals surface area contributed by atoms with Crippen LogP contribution in [0.3, 0.4) is 0 Å². The van der Waals surface area contributed by atoms with Gasteiger partial charge in [-0.05, 0) is 24.6 Å². The minimum atomic E-state index is -0.471. The van der Waals surface area contributed by atoms with Gasteiger partial charge in [-0.15, -0.1) is 0 Å². The van der Waals surface area contributed by atoms with E-state index in [1.165, 1.54) is 24.3 Å². The van der Waals surface area contributed by atoms with Crippen molar-refractivity contribution in [3.05, 3.63) is 40.7 Å². The Hall–Kier alpha value is -1.39. The molecule has 0 spiro atoms. The van der Waals surface area contributed by atoms with Gasteiger partial charge in [0.25, 0.3) is 0 Å². The van der Waals surface area contributed by atoms with Crippen molar-refractivity contribution >= 4 is 23.6 Å². The molecule has 3 nitrogen and oxygen atoms in total. The second-order valence-corrected chi connectivity index (χ2v) is 6.01. The lowest BCUT2D eigenvalue weighted by molar-refractivity contribution is -0.124. The summed E-state index contributed by atoms with van der Waals surface area (Å²) in [5.41, 5.74) is -0.142. The smallest absolute Gasteiger partial charge is 0.244 e. The summed E-state index contributed by atoms with van der Waals surface area (Å²) in [6.07, 6.45) is 2.74. The minimum absolute atomic E-state index is 0.0780. The molecule has 2 atom stereocenters. The van der Waals surface area contributed by atoms with E-state index in [1.807, 2.05) is 13.8 Å². The van der Waals surface area contributed by atoms with Gasteiger partial charge in [0.1, 0.15) is 5.82 Å². The summed E-state index contributed by atoms with van der Waals surface area (Å²) in [5, 5.41) is 12.7. The fourth-order valence-electron chi connectivity index (χ4n) is 2.20. The zero-order valence-corrected chi connectivity index (χ0v) is 12.1. The number of amides is 1. The van der Waals surface area contributed by atoms with Crippen LogP contribution in [0, 0.1) is 11.2 Å². The molecule has 1 amide bonds. The molecule has 0 aliphatic heterocycles. The molecule has 1 aliphatic carbocycles. The Labute approximate surface area is 122 Å². The van der Waals surface area contributed by atoms with Gasteiger partial charge in [0.15, 0.2) is 0 Å². The first kappa shape index (κ1) is 15.0. The Balaban J connectivity index is 2.00. The highest BCUT2D eigenvalue weighted by molar-refractivity contribution is 6.32. The molecule has 1 aromatic rings. The SMILES string of the molecule is CC1(C)C(O)CC1NC(=O)/C=C/c1c(F)cccc1Cl. The Morgan fingerprint density at radius 2 is 2.25 bits per heavy atom. The Morgan fingerprint density at radius 3 is 2.80 bits per heavy atom. The van der Waals surface area contributed by atoms with E-state index in [0.29, 0.717) is 6.42 Å². The number of aliphatic hydroxyl groups excluding tert-OH is 1. The van der Waals surface area contributed by atoms with Crippen molar-refractivity contribution in [3.63, 3.8) is 0 Å². The van der Waals surface area contributed by atoms with Gasteiger partial charge in [0, 0.05) is 23.1 Å². The van der Waals surface area contributed by atoms with Crippen LogP contribution in [0.1, 0.15) is 25.8 Å². The Kier molecular flexibility index (Phi) is 4.16. The van der Waals surface area contributed by atoms with Gasteiger partial charge in [-0.1, -0.05) is 31.5 Å². The second-order valence-electron chi connectivity index (χ2n) is 5.60. The standard InChI is InChI=1S/C15H17ClFNO2/c1-15(2)12(8-13(15)19)18-14(20)7-6-9-10(16)4-3-5-11(9)17/h3-7,12-13,19H,8H2,1-2H3,(H,18,20)/b7-6+. The number of carbonyl (C=O) groups is 1. The lowest BCUT2D eigenvalue weighted by Crippen LogP contribution is -2.60. The van der Waals surface area contributed by atoms with Gasteiger partial charge in [-0.25, -0.2) is 4.39 Å². The molecule has 1 saturated carbocycles. The molecular weight excluding hydrogens is 281 g/mol. The zero-order chi connectivity index (χ0) is 14.9. The molecule has 2 unspecified atom stereocenters. The first-order chi connectivity index (χ1) is 9.32. The molecule has 20 heavy (non-hydrogen) atoms. The molecule has 2 rings (SSSR count). The highest BCUT2D eigenvalue weighted by Gasteiger charge is 2.47. The summed E-state index contributed by atoms with van der Waals surface area (Å²) in [6, 6.07) is 4.28. The van der Waals surface area contributed by atoms with Gasteiger partial charge in [0.05, 0.1) is 11.1 Å². The predicted octanol–water partition coefficient (Wildman–Crippen LogP) is 2.77. The van der Waals surface area contributed by atoms with Crippen molar-refractivity contribution in [2.75, 3.05) is 0 Å². The third-order valence-electron chi connectivity index (χ3n) is 3.93. The molecule has 0 bridgehead atoms. The average Bonchev–Trinajstić information content (AvgIpc) is 2.38. The van der Waals surface area contributed by atoms with Crippen LogP contribution in [-0.4, -0.2) is 23.2 Å². The van der Waals surface area contributed by atoms with Crippen molar-refractivity contribution in [2.24, 2.45) is 5.41 Å². The topological polar surface area (TPSA) is 49.3 Å². The first-order valence-electron chi connectivity index (χ1n) is 6.43. The van der Waals surface area contributed by atoms with Crippen molar-refractivity contribution in [1.29, 1.82) is 0 Å². The van der Waals surface area contributed by atoms with Crippen LogP contribution in [0.2, 0.25) is 5.02 Å². The number of hydrogen-bond acceptors (Lipinski definition) is 2. The number of benzene rings is 1. The Morgan fingerprint density at radius 1 is 1.55 bits per heavy atom. The highest BCUT2D eigenvalue weighted by Crippen LogP contribution is 2.40. The van der Waals surface area contributed by atoms with Crippen molar-refractivity contribution in [3.8, 4) is 0 Å². The van der Waals surface area contributed by atoms with Crippen molar-refractivity contribution in [1.82, 2.24) is 5.32 Å². The summed E-state index contributed by atoms with van der Waals surface area (Å²) in [6.45, 7) is 3.78. The summed E-state index contributed by atoms with van der Waals surface area (Å²) in [5.74, 6) is -0.796. The van der Waals surface area contributed by atoms with Crippen LogP contribution in [0.25, 0.3) is 6.08 Å². The van der Waals surface area contributed by atoms with E-state index in [9.17, 15) is 14.3 Å². The van der Waals surface area contributed by atoms with Gasteiger partial charge in [0.2, 0.25) is 5.91 Å². The molecule has 1 aliphatic rings. The normalized spacial score (nSPS) is 24.4. The first-order valence-corrected chi connectivity index (χ1v) is 6.81. The molecule has 0 heterocycles. The summed E-state index contributed by atoms with van der Waals surface area (Å²) < 4.78 is 13.5. The number of carbonyl (C=O) groups excluding carboxylic acids is 1. The molecule has 0 radical (unpaired) electrons. The average molecular weight is 298 g/mol. The summed E-state index contributed by atoms with van der Waals surface area (Å²) >= 11 is 5.87. The molecule has 0 saturated heterocycles. The lowest BCUT2D eigenvalue weighted by atomic mass is 9.64. The molecule has 0 aromatic heterocycles. The van der Waals surface area contributed by atoms with Crippen molar-refractivity contribution in [2.45, 2.75) is 32.4 Å². The van der Waals surface area contributed by atoms with E-state index >= 15 is 0 Å². The van der Waals surface area contributed by atoms with E-state index in [4.69, 9.17) is 11.6 Å². The van der Waals surface area contributed by atoms with Gasteiger partial charge >= 0.3 is 0 Å². The largest absolute Gasteiger partial charge is 0.392 e. The van der Waals surface area contributed by atoms with Crippen LogP contribution < -0.4 is 5.32 Å². The maximum absolute atomic E-state index is 13.5. The molecular formula is C15H17ClFNO2. The minimum Gasteiger partial charge on any atom is -0.392 e. The summed E-state index contributed by atoms with van der Waals surface area (Å²) in [4.78, 5) is 11.8. The molecule has 108 valence electrons. The van der Waals surface area contributed by atoms with Crippen LogP contribution in [0.5, 0.6) is 0 Å². The van der Waals surface area contributed by atoms with E-state index in [1.54, 1.807) is 6.07 Å². The second kappa shape index (κ2) is 5.54. The third kappa shape index (κ3) is 2.86. The molecule has 2 N–H and O–H groups in total. The number of halogens is 2. The highest BCUT2D eigenvalue weighted by atomic mass is 35.5. The number of hydrogen-bond donors (Lipinski definition) is 2. The van der Waals surface area contributed by atoms with E-state index in [0.717, 1.165) is 0 Å². The number of nitrogens with one attached hydrogen (secondary N) is 1. The molecule has 5 heteroatoms. The number of aliphatic hydroxyl groups is 1. The fraction of sp³-hybridized carbons (Fsp3) is 0.400. The van der Waals surface area contributed by atoms with Crippen molar-refractivity contribution < 1.29 is 14.3 Å². The van der Waals surface area contributed by atoms with Gasteiger partial charge in [-0.3, -0.25) is 4.79 Å². The third-order valence-corrected chi connectivity index (χ3v) is 4.26. The fourth-order valence-corrected chi connectivity index (χ4v) is 2.42. The van der Waals surface area contributed by atoms with E-state index in [2.05, 4.69) is 5.32 Å². The summed E-state index contributed by atoms with van der Waals surface area (Å²) in [7, 11) is 0. The van der Waals surface area contributed by atoms with Gasteiger partial charge in [-0.2, -0.15) is 0 Å².